The Morgan fingerprint density at radius 3 is 2.40 bits per heavy atom. The monoisotopic (exact) mass is 140 g/mol. The van der Waals surface area contributed by atoms with Crippen molar-refractivity contribution in [2.24, 2.45) is 11.3 Å². The van der Waals surface area contributed by atoms with E-state index < -0.39 is 11.4 Å². The van der Waals surface area contributed by atoms with E-state index in [1.165, 1.54) is 0 Å². The maximum absolute atomic E-state index is 10.6. The van der Waals surface area contributed by atoms with Gasteiger partial charge >= 0.3 is 5.97 Å². The van der Waals surface area contributed by atoms with Crippen LogP contribution >= 0.6 is 0 Å². The number of carboxylic acid groups (broad SMARTS) is 1. The molecule has 0 spiro atoms. The lowest BCUT2D eigenvalue weighted by Crippen LogP contribution is -2.13. The van der Waals surface area contributed by atoms with E-state index in [1.54, 1.807) is 6.08 Å². The van der Waals surface area contributed by atoms with Gasteiger partial charge in [-0.1, -0.05) is 19.1 Å². The summed E-state index contributed by atoms with van der Waals surface area (Å²) < 4.78 is 0. The van der Waals surface area contributed by atoms with Crippen LogP contribution in [0.2, 0.25) is 0 Å². The number of rotatable bonds is 2. The Kier molecular flexibility index (Phi) is 1.55. The van der Waals surface area contributed by atoms with Crippen LogP contribution in [0.5, 0.6) is 0 Å². The third-order valence-electron chi connectivity index (χ3n) is 2.23. The molecule has 2 atom stereocenters. The van der Waals surface area contributed by atoms with Crippen LogP contribution < -0.4 is 0 Å². The van der Waals surface area contributed by atoms with Gasteiger partial charge in [0.25, 0.3) is 0 Å². The molecule has 2 nitrogen and oxygen atoms in total. The maximum Gasteiger partial charge on any atom is 0.313 e. The SMILES string of the molecule is CC=CC1(C(=O)O)CC1C. The second-order valence-corrected chi connectivity index (χ2v) is 2.95. The molecule has 1 aliphatic rings. The molecule has 0 aromatic carbocycles. The van der Waals surface area contributed by atoms with E-state index in [0.717, 1.165) is 6.42 Å². The zero-order valence-corrected chi connectivity index (χ0v) is 6.29. The molecule has 0 radical (unpaired) electrons. The first-order chi connectivity index (χ1) is 4.63. The molecule has 0 aliphatic heterocycles. The van der Waals surface area contributed by atoms with Crippen LogP contribution in [0.3, 0.4) is 0 Å². The summed E-state index contributed by atoms with van der Waals surface area (Å²) in [6.45, 7) is 3.82. The van der Waals surface area contributed by atoms with E-state index in [2.05, 4.69) is 0 Å². The lowest BCUT2D eigenvalue weighted by atomic mass is 10.0. The number of allylic oxidation sites excluding steroid dienone is 1. The fourth-order valence-electron chi connectivity index (χ4n) is 1.35. The predicted molar refractivity (Wildman–Crippen MR) is 38.7 cm³/mol. The summed E-state index contributed by atoms with van der Waals surface area (Å²) in [5.41, 5.74) is -0.505. The number of hydrogen-bond acceptors (Lipinski definition) is 1. The molecule has 10 heavy (non-hydrogen) atoms. The van der Waals surface area contributed by atoms with Crippen LogP contribution in [-0.4, -0.2) is 11.1 Å². The van der Waals surface area contributed by atoms with Crippen molar-refractivity contribution in [2.75, 3.05) is 0 Å². The van der Waals surface area contributed by atoms with Crippen molar-refractivity contribution in [1.29, 1.82) is 0 Å². The standard InChI is InChI=1S/C8H12O2/c1-3-4-8(7(9)10)5-6(8)2/h3-4,6H,5H2,1-2H3,(H,9,10). The zero-order chi connectivity index (χ0) is 7.78. The summed E-state index contributed by atoms with van der Waals surface area (Å²) >= 11 is 0. The molecule has 1 fully saturated rings. The normalized spacial score (nSPS) is 38.4. The van der Waals surface area contributed by atoms with Gasteiger partial charge in [-0.25, -0.2) is 0 Å². The van der Waals surface area contributed by atoms with Gasteiger partial charge in [0.1, 0.15) is 0 Å². The van der Waals surface area contributed by atoms with E-state index in [0.29, 0.717) is 5.92 Å². The highest BCUT2D eigenvalue weighted by molar-refractivity contribution is 5.81. The molecule has 56 valence electrons. The number of carbonyl (C=O) groups is 1. The van der Waals surface area contributed by atoms with E-state index in [9.17, 15) is 4.79 Å². The summed E-state index contributed by atoms with van der Waals surface area (Å²) in [6.07, 6.45) is 4.41. The first-order valence-corrected chi connectivity index (χ1v) is 3.50. The molecule has 1 saturated carbocycles. The topological polar surface area (TPSA) is 37.3 Å². The average molecular weight is 140 g/mol. The second kappa shape index (κ2) is 2.11. The molecule has 0 saturated heterocycles. The van der Waals surface area contributed by atoms with E-state index in [-0.39, 0.29) is 0 Å². The van der Waals surface area contributed by atoms with Gasteiger partial charge in [-0.3, -0.25) is 4.79 Å². The fourth-order valence-corrected chi connectivity index (χ4v) is 1.35. The molecule has 1 rings (SSSR count). The van der Waals surface area contributed by atoms with Gasteiger partial charge in [0, 0.05) is 0 Å². The Morgan fingerprint density at radius 1 is 1.80 bits per heavy atom. The van der Waals surface area contributed by atoms with E-state index >= 15 is 0 Å². The molecule has 0 bridgehead atoms. The van der Waals surface area contributed by atoms with Crippen LogP contribution in [0.1, 0.15) is 20.3 Å². The summed E-state index contributed by atoms with van der Waals surface area (Å²) in [5, 5.41) is 8.75. The predicted octanol–water partition coefficient (Wildman–Crippen LogP) is 1.67. The fraction of sp³-hybridized carbons (Fsp3) is 0.625. The van der Waals surface area contributed by atoms with Crippen LogP contribution in [0, 0.1) is 11.3 Å². The molecule has 2 heteroatoms. The lowest BCUT2D eigenvalue weighted by molar-refractivity contribution is -0.141. The van der Waals surface area contributed by atoms with E-state index in [4.69, 9.17) is 5.11 Å². The number of aliphatic carboxylic acids is 1. The van der Waals surface area contributed by atoms with Crippen LogP contribution in [-0.2, 0) is 4.79 Å². The molecular formula is C8H12O2. The van der Waals surface area contributed by atoms with Crippen molar-refractivity contribution in [3.63, 3.8) is 0 Å². The Bertz CT molecular complexity index is 184. The third kappa shape index (κ3) is 0.838. The van der Waals surface area contributed by atoms with Crippen molar-refractivity contribution in [3.05, 3.63) is 12.2 Å². The summed E-state index contributed by atoms with van der Waals surface area (Å²) in [7, 11) is 0. The largest absolute Gasteiger partial charge is 0.481 e. The summed E-state index contributed by atoms with van der Waals surface area (Å²) in [4.78, 5) is 10.6. The van der Waals surface area contributed by atoms with Crippen LogP contribution in [0.25, 0.3) is 0 Å². The smallest absolute Gasteiger partial charge is 0.313 e. The summed E-state index contributed by atoms with van der Waals surface area (Å²) in [6, 6.07) is 0. The van der Waals surface area contributed by atoms with Gasteiger partial charge in [0.05, 0.1) is 5.41 Å². The van der Waals surface area contributed by atoms with Gasteiger partial charge in [0.15, 0.2) is 0 Å². The number of hydrogen-bond donors (Lipinski definition) is 1. The minimum Gasteiger partial charge on any atom is -0.481 e. The lowest BCUT2D eigenvalue weighted by Gasteiger charge is -2.01. The molecular weight excluding hydrogens is 128 g/mol. The van der Waals surface area contributed by atoms with Gasteiger partial charge in [-0.05, 0) is 19.3 Å². The highest BCUT2D eigenvalue weighted by atomic mass is 16.4. The minimum absolute atomic E-state index is 0.321. The van der Waals surface area contributed by atoms with Gasteiger partial charge in [-0.15, -0.1) is 0 Å². The Hall–Kier alpha value is -0.790. The Labute approximate surface area is 60.6 Å². The van der Waals surface area contributed by atoms with Gasteiger partial charge in [-0.2, -0.15) is 0 Å². The first-order valence-electron chi connectivity index (χ1n) is 3.50. The van der Waals surface area contributed by atoms with Gasteiger partial charge < -0.3 is 5.11 Å². The number of carboxylic acids is 1. The average Bonchev–Trinajstić information content (AvgIpc) is 2.44. The minimum atomic E-state index is -0.682. The Morgan fingerprint density at radius 2 is 2.30 bits per heavy atom. The second-order valence-electron chi connectivity index (χ2n) is 2.95. The summed E-state index contributed by atoms with van der Waals surface area (Å²) in [5.74, 6) is -0.362. The van der Waals surface area contributed by atoms with Crippen molar-refractivity contribution in [3.8, 4) is 0 Å². The quantitative estimate of drug-likeness (QED) is 0.592. The van der Waals surface area contributed by atoms with Gasteiger partial charge in [0.2, 0.25) is 0 Å². The Balaban J connectivity index is 2.73. The van der Waals surface area contributed by atoms with Crippen LogP contribution in [0.15, 0.2) is 12.2 Å². The molecule has 0 aromatic rings. The van der Waals surface area contributed by atoms with Crippen molar-refractivity contribution < 1.29 is 9.90 Å². The molecule has 1 N–H and O–H groups in total. The first kappa shape index (κ1) is 7.32. The molecule has 2 unspecified atom stereocenters. The van der Waals surface area contributed by atoms with Crippen molar-refractivity contribution >= 4 is 5.97 Å². The molecule has 0 amide bonds. The zero-order valence-electron chi connectivity index (χ0n) is 6.29. The highest BCUT2D eigenvalue weighted by Gasteiger charge is 2.55. The van der Waals surface area contributed by atoms with Crippen LogP contribution in [0.4, 0.5) is 0 Å². The molecule has 0 aromatic heterocycles. The van der Waals surface area contributed by atoms with Crippen molar-refractivity contribution in [2.45, 2.75) is 20.3 Å². The molecule has 1 aliphatic carbocycles. The van der Waals surface area contributed by atoms with Crippen molar-refractivity contribution in [1.82, 2.24) is 0 Å². The van der Waals surface area contributed by atoms with E-state index in [1.807, 2.05) is 19.9 Å². The highest BCUT2D eigenvalue weighted by Crippen LogP contribution is 2.53. The maximum atomic E-state index is 10.6. The molecule has 0 heterocycles. The third-order valence-corrected chi connectivity index (χ3v) is 2.23.